The monoisotopic (exact) mass is 364 g/mol. The Bertz CT molecular complexity index is 823. The van der Waals surface area contributed by atoms with Gasteiger partial charge in [0.1, 0.15) is 11.9 Å². The van der Waals surface area contributed by atoms with Crippen molar-refractivity contribution in [3.8, 4) is 0 Å². The largest absolute Gasteiger partial charge is 0.348 e. The van der Waals surface area contributed by atoms with Gasteiger partial charge in [-0.15, -0.1) is 0 Å². The Morgan fingerprint density at radius 3 is 2.12 bits per heavy atom. The number of nitrogens with zero attached hydrogens (tertiary/aromatic N) is 1. The van der Waals surface area contributed by atoms with Crippen LogP contribution < -0.4 is 5.32 Å². The van der Waals surface area contributed by atoms with Crippen molar-refractivity contribution in [1.82, 2.24) is 9.62 Å². The predicted molar refractivity (Wildman–Crippen MR) is 94.7 cm³/mol. The zero-order valence-electron chi connectivity index (χ0n) is 14.3. The highest BCUT2D eigenvalue weighted by atomic mass is 32.2. The Morgan fingerprint density at radius 1 is 1.04 bits per heavy atom. The number of rotatable bonds is 6. The maximum absolute atomic E-state index is 13.0. The van der Waals surface area contributed by atoms with Crippen LogP contribution in [0.15, 0.2) is 54.6 Å². The van der Waals surface area contributed by atoms with E-state index >= 15 is 0 Å². The van der Waals surface area contributed by atoms with Gasteiger partial charge in [0.15, 0.2) is 0 Å². The fourth-order valence-corrected chi connectivity index (χ4v) is 3.08. The molecule has 1 N–H and O–H groups in total. The van der Waals surface area contributed by atoms with Gasteiger partial charge in [-0.2, -0.15) is 4.31 Å². The topological polar surface area (TPSA) is 66.5 Å². The molecule has 0 heterocycles. The van der Waals surface area contributed by atoms with E-state index in [1.54, 1.807) is 49.4 Å². The van der Waals surface area contributed by atoms with Gasteiger partial charge in [0.25, 0.3) is 0 Å². The van der Waals surface area contributed by atoms with Crippen LogP contribution in [0, 0.1) is 5.82 Å². The molecule has 0 aliphatic carbocycles. The minimum atomic E-state index is -3.58. The lowest BCUT2D eigenvalue weighted by Gasteiger charge is -2.27. The maximum Gasteiger partial charge on any atom is 0.243 e. The highest BCUT2D eigenvalue weighted by molar-refractivity contribution is 7.88. The molecule has 2 aromatic rings. The van der Waals surface area contributed by atoms with Gasteiger partial charge in [0.2, 0.25) is 15.9 Å². The lowest BCUT2D eigenvalue weighted by atomic mass is 10.0. The Balaban J connectivity index is 2.28. The fourth-order valence-electron chi connectivity index (χ4n) is 2.48. The number of sulfonamides is 1. The van der Waals surface area contributed by atoms with Crippen molar-refractivity contribution in [2.45, 2.75) is 19.0 Å². The SMILES string of the molecule is C[C@@H](NC(=O)[C@H](c1ccccc1)N(C)S(C)(=O)=O)c1ccc(F)cc1. The molecule has 0 bridgehead atoms. The Kier molecular flexibility index (Phi) is 5.92. The van der Waals surface area contributed by atoms with Crippen LogP contribution in [0.2, 0.25) is 0 Å². The fraction of sp³-hybridized carbons (Fsp3) is 0.278. The summed E-state index contributed by atoms with van der Waals surface area (Å²) >= 11 is 0. The number of carbonyl (C=O) groups is 1. The van der Waals surface area contributed by atoms with Gasteiger partial charge < -0.3 is 5.32 Å². The first kappa shape index (κ1) is 19.1. The van der Waals surface area contributed by atoms with Crippen LogP contribution in [-0.2, 0) is 14.8 Å². The molecule has 0 aliphatic heterocycles. The molecule has 0 aromatic heterocycles. The predicted octanol–water partition coefficient (Wildman–Crippen LogP) is 2.64. The van der Waals surface area contributed by atoms with Crippen molar-refractivity contribution in [1.29, 1.82) is 0 Å². The Morgan fingerprint density at radius 2 is 1.60 bits per heavy atom. The minimum Gasteiger partial charge on any atom is -0.348 e. The van der Waals surface area contributed by atoms with Gasteiger partial charge in [-0.3, -0.25) is 4.79 Å². The number of carbonyl (C=O) groups excluding carboxylic acids is 1. The molecule has 0 radical (unpaired) electrons. The van der Waals surface area contributed by atoms with E-state index in [0.29, 0.717) is 5.56 Å². The zero-order chi connectivity index (χ0) is 18.6. The van der Waals surface area contributed by atoms with Crippen molar-refractivity contribution in [3.05, 3.63) is 71.5 Å². The second-order valence-electron chi connectivity index (χ2n) is 5.87. The highest BCUT2D eigenvalue weighted by Crippen LogP contribution is 2.23. The molecule has 2 atom stereocenters. The third-order valence-corrected chi connectivity index (χ3v) is 5.24. The summed E-state index contributed by atoms with van der Waals surface area (Å²) in [6.07, 6.45) is 1.06. The second kappa shape index (κ2) is 7.76. The van der Waals surface area contributed by atoms with Crippen molar-refractivity contribution in [3.63, 3.8) is 0 Å². The molecule has 1 amide bonds. The van der Waals surface area contributed by atoms with Gasteiger partial charge in [-0.1, -0.05) is 42.5 Å². The van der Waals surface area contributed by atoms with Crippen LogP contribution in [0.25, 0.3) is 0 Å². The number of amides is 1. The average Bonchev–Trinajstić information content (AvgIpc) is 2.55. The molecular weight excluding hydrogens is 343 g/mol. The summed E-state index contributed by atoms with van der Waals surface area (Å²) < 4.78 is 38.0. The van der Waals surface area contributed by atoms with Gasteiger partial charge in [-0.05, 0) is 30.2 Å². The number of halogens is 1. The van der Waals surface area contributed by atoms with Crippen LogP contribution in [0.4, 0.5) is 4.39 Å². The lowest BCUT2D eigenvalue weighted by Crippen LogP contribution is -2.42. The van der Waals surface area contributed by atoms with Crippen LogP contribution in [-0.4, -0.2) is 31.9 Å². The summed E-state index contributed by atoms with van der Waals surface area (Å²) in [5.74, 6) is -0.808. The van der Waals surface area contributed by atoms with Crippen molar-refractivity contribution < 1.29 is 17.6 Å². The van der Waals surface area contributed by atoms with Crippen molar-refractivity contribution in [2.75, 3.05) is 13.3 Å². The van der Waals surface area contributed by atoms with E-state index in [4.69, 9.17) is 0 Å². The number of hydrogen-bond donors (Lipinski definition) is 1. The molecule has 0 unspecified atom stereocenters. The third kappa shape index (κ3) is 4.87. The molecule has 0 fully saturated rings. The number of nitrogens with one attached hydrogen (secondary N) is 1. The molecule has 2 rings (SSSR count). The molecule has 0 spiro atoms. The summed E-state index contributed by atoms with van der Waals surface area (Å²) in [5.41, 5.74) is 1.29. The lowest BCUT2D eigenvalue weighted by molar-refractivity contribution is -0.125. The molecule has 25 heavy (non-hydrogen) atoms. The van der Waals surface area contributed by atoms with Gasteiger partial charge in [0, 0.05) is 7.05 Å². The van der Waals surface area contributed by atoms with E-state index in [0.717, 1.165) is 16.1 Å². The molecule has 0 saturated heterocycles. The smallest absolute Gasteiger partial charge is 0.243 e. The summed E-state index contributed by atoms with van der Waals surface area (Å²) in [4.78, 5) is 12.8. The summed E-state index contributed by atoms with van der Waals surface area (Å²) in [6, 6.07) is 13.1. The highest BCUT2D eigenvalue weighted by Gasteiger charge is 2.31. The van der Waals surface area contributed by atoms with E-state index in [2.05, 4.69) is 5.32 Å². The summed E-state index contributed by atoms with van der Waals surface area (Å²) in [6.45, 7) is 1.76. The van der Waals surface area contributed by atoms with Crippen LogP contribution >= 0.6 is 0 Å². The molecular formula is C18H21FN2O3S. The third-order valence-electron chi connectivity index (χ3n) is 3.98. The van der Waals surface area contributed by atoms with Crippen LogP contribution in [0.3, 0.4) is 0 Å². The standard InChI is InChI=1S/C18H21FN2O3S/c1-13(14-9-11-16(19)12-10-14)20-18(22)17(21(2)25(3,23)24)15-7-5-4-6-8-15/h4-13,17H,1-3H3,(H,20,22)/t13-,17+/m1/s1. The van der Waals surface area contributed by atoms with Crippen LogP contribution in [0.1, 0.15) is 30.1 Å². The van der Waals surface area contributed by atoms with E-state index in [-0.39, 0.29) is 5.82 Å². The molecule has 2 aromatic carbocycles. The molecule has 134 valence electrons. The Labute approximate surface area is 147 Å². The van der Waals surface area contributed by atoms with Crippen molar-refractivity contribution >= 4 is 15.9 Å². The molecule has 5 nitrogen and oxygen atoms in total. The van der Waals surface area contributed by atoms with Gasteiger partial charge in [0.05, 0.1) is 12.3 Å². The summed E-state index contributed by atoms with van der Waals surface area (Å²) in [7, 11) is -2.21. The quantitative estimate of drug-likeness (QED) is 0.857. The number of benzene rings is 2. The normalized spacial score (nSPS) is 14.1. The first-order valence-corrected chi connectivity index (χ1v) is 9.59. The maximum atomic E-state index is 13.0. The molecule has 0 aliphatic rings. The average molecular weight is 364 g/mol. The first-order valence-electron chi connectivity index (χ1n) is 7.74. The van der Waals surface area contributed by atoms with Gasteiger partial charge >= 0.3 is 0 Å². The van der Waals surface area contributed by atoms with E-state index in [1.165, 1.54) is 19.2 Å². The summed E-state index contributed by atoms with van der Waals surface area (Å²) in [5, 5.41) is 2.80. The van der Waals surface area contributed by atoms with Gasteiger partial charge in [-0.25, -0.2) is 12.8 Å². The zero-order valence-corrected chi connectivity index (χ0v) is 15.1. The number of hydrogen-bond acceptors (Lipinski definition) is 3. The first-order chi connectivity index (χ1) is 11.7. The van der Waals surface area contributed by atoms with Crippen LogP contribution in [0.5, 0.6) is 0 Å². The second-order valence-corrected chi connectivity index (χ2v) is 7.92. The van der Waals surface area contributed by atoms with Crippen molar-refractivity contribution in [2.24, 2.45) is 0 Å². The number of likely N-dealkylation sites (N-methyl/N-ethyl adjacent to an activating group) is 1. The Hall–Kier alpha value is -2.25. The minimum absolute atomic E-state index is 0.360. The van der Waals surface area contributed by atoms with E-state index < -0.39 is 28.0 Å². The molecule has 7 heteroatoms. The molecule has 0 saturated carbocycles. The van der Waals surface area contributed by atoms with E-state index in [9.17, 15) is 17.6 Å². The van der Waals surface area contributed by atoms with E-state index in [1.807, 2.05) is 0 Å².